The lowest BCUT2D eigenvalue weighted by Crippen LogP contribution is -2.05. The van der Waals surface area contributed by atoms with E-state index in [4.69, 9.17) is 14.5 Å². The van der Waals surface area contributed by atoms with E-state index in [1.165, 1.54) is 25.7 Å². The molecule has 0 N–H and O–H groups in total. The van der Waals surface area contributed by atoms with Gasteiger partial charge in [-0.15, -0.1) is 0 Å². The highest BCUT2D eigenvalue weighted by atomic mass is 17.2. The van der Waals surface area contributed by atoms with Gasteiger partial charge in [-0.1, -0.05) is 58.8 Å². The first-order valence-corrected chi connectivity index (χ1v) is 9.21. The molecule has 0 aliphatic heterocycles. The number of unbranched alkanes of at least 4 members (excludes halogenated alkanes) is 8. The van der Waals surface area contributed by atoms with Crippen LogP contribution in [0.3, 0.4) is 0 Å². The smallest absolute Gasteiger partial charge is 0.305 e. The Hall–Kier alpha value is -0.610. The van der Waals surface area contributed by atoms with E-state index in [1.807, 2.05) is 0 Å². The normalized spacial score (nSPS) is 10.8. The minimum Gasteiger partial charge on any atom is -0.466 e. The van der Waals surface area contributed by atoms with Crippen molar-refractivity contribution in [1.82, 2.24) is 0 Å². The predicted molar refractivity (Wildman–Crippen MR) is 89.6 cm³/mol. The largest absolute Gasteiger partial charge is 0.466 e. The molecule has 0 atom stereocenters. The average Bonchev–Trinajstić information content (AvgIpc) is 2.53. The average molecular weight is 316 g/mol. The van der Waals surface area contributed by atoms with Crippen LogP contribution in [0.2, 0.25) is 0 Å². The Kier molecular flexibility index (Phi) is 17.9. The predicted octanol–water partition coefficient (Wildman–Crippen LogP) is 5.20. The lowest BCUT2D eigenvalue weighted by atomic mass is 10.1. The maximum absolute atomic E-state index is 11.3. The van der Waals surface area contributed by atoms with E-state index in [1.54, 1.807) is 0 Å². The van der Waals surface area contributed by atoms with E-state index in [9.17, 15) is 4.79 Å². The van der Waals surface area contributed by atoms with Crippen molar-refractivity contribution in [2.45, 2.75) is 90.9 Å². The number of rotatable bonds is 17. The summed E-state index contributed by atoms with van der Waals surface area (Å²) in [4.78, 5) is 21.4. The van der Waals surface area contributed by atoms with Gasteiger partial charge in [0.15, 0.2) is 0 Å². The van der Waals surface area contributed by atoms with Gasteiger partial charge in [0.05, 0.1) is 19.8 Å². The summed E-state index contributed by atoms with van der Waals surface area (Å²) in [6.45, 7) is 6.22. The van der Waals surface area contributed by atoms with Gasteiger partial charge in [0, 0.05) is 6.42 Å². The van der Waals surface area contributed by atoms with Crippen molar-refractivity contribution in [1.29, 1.82) is 0 Å². The third-order valence-electron chi connectivity index (χ3n) is 3.53. The second-order valence-corrected chi connectivity index (χ2v) is 5.80. The minimum atomic E-state index is -0.0389. The summed E-state index contributed by atoms with van der Waals surface area (Å²) in [5, 5.41) is 0. The molecule has 0 rings (SSSR count). The summed E-state index contributed by atoms with van der Waals surface area (Å²) < 4.78 is 5.17. The molecule has 22 heavy (non-hydrogen) atoms. The summed E-state index contributed by atoms with van der Waals surface area (Å²) in [6.07, 6.45) is 12.9. The van der Waals surface area contributed by atoms with Gasteiger partial charge < -0.3 is 4.74 Å². The van der Waals surface area contributed by atoms with Crippen LogP contribution in [-0.2, 0) is 19.3 Å². The van der Waals surface area contributed by atoms with E-state index >= 15 is 0 Å². The summed E-state index contributed by atoms with van der Waals surface area (Å²) >= 11 is 0. The lowest BCUT2D eigenvalue weighted by Gasteiger charge is -2.05. The number of ether oxygens (including phenoxy) is 1. The highest BCUT2D eigenvalue weighted by Crippen LogP contribution is 2.08. The van der Waals surface area contributed by atoms with Gasteiger partial charge in [0.1, 0.15) is 0 Å². The van der Waals surface area contributed by atoms with Crippen molar-refractivity contribution in [3.8, 4) is 0 Å². The fraction of sp³-hybridized carbons (Fsp3) is 0.944. The Bertz CT molecular complexity index is 231. The van der Waals surface area contributed by atoms with Crippen LogP contribution in [0.1, 0.15) is 90.9 Å². The molecule has 0 amide bonds. The first-order chi connectivity index (χ1) is 10.8. The van der Waals surface area contributed by atoms with Crippen LogP contribution in [-0.4, -0.2) is 25.8 Å². The van der Waals surface area contributed by atoms with E-state index < -0.39 is 0 Å². The van der Waals surface area contributed by atoms with Crippen molar-refractivity contribution in [3.63, 3.8) is 0 Å². The molecule has 0 bridgehead atoms. The third-order valence-corrected chi connectivity index (χ3v) is 3.53. The van der Waals surface area contributed by atoms with Crippen LogP contribution in [0, 0.1) is 0 Å². The zero-order chi connectivity index (χ0) is 16.3. The van der Waals surface area contributed by atoms with Crippen LogP contribution in [0.25, 0.3) is 0 Å². The van der Waals surface area contributed by atoms with E-state index in [0.717, 1.165) is 44.9 Å². The monoisotopic (exact) mass is 316 g/mol. The molecule has 0 unspecified atom stereocenters. The van der Waals surface area contributed by atoms with Crippen molar-refractivity contribution >= 4 is 5.97 Å². The Morgan fingerprint density at radius 1 is 0.636 bits per heavy atom. The molecule has 0 saturated carbocycles. The molecular weight excluding hydrogens is 280 g/mol. The van der Waals surface area contributed by atoms with E-state index in [2.05, 4.69) is 13.8 Å². The molecule has 0 heterocycles. The van der Waals surface area contributed by atoms with Crippen LogP contribution in [0.15, 0.2) is 0 Å². The van der Waals surface area contributed by atoms with Gasteiger partial charge in [0.25, 0.3) is 0 Å². The molecule has 0 aromatic carbocycles. The highest BCUT2D eigenvalue weighted by molar-refractivity contribution is 5.69. The molecule has 0 aromatic rings. The molecule has 0 aromatic heterocycles. The summed E-state index contributed by atoms with van der Waals surface area (Å²) in [7, 11) is 0. The maximum Gasteiger partial charge on any atom is 0.305 e. The molecule has 4 heteroatoms. The Balaban J connectivity index is 3.04. The van der Waals surface area contributed by atoms with Gasteiger partial charge in [-0.05, 0) is 25.7 Å². The van der Waals surface area contributed by atoms with Crippen LogP contribution in [0.4, 0.5) is 0 Å². The maximum atomic E-state index is 11.3. The molecule has 0 fully saturated rings. The van der Waals surface area contributed by atoms with Crippen LogP contribution in [0.5, 0.6) is 0 Å². The first kappa shape index (κ1) is 21.4. The molecule has 4 nitrogen and oxygen atoms in total. The second kappa shape index (κ2) is 18.4. The van der Waals surface area contributed by atoms with Crippen molar-refractivity contribution in [2.75, 3.05) is 19.8 Å². The third kappa shape index (κ3) is 17.4. The zero-order valence-electron chi connectivity index (χ0n) is 14.7. The van der Waals surface area contributed by atoms with Gasteiger partial charge in [-0.3, -0.25) is 4.79 Å². The zero-order valence-corrected chi connectivity index (χ0v) is 14.7. The first-order valence-electron chi connectivity index (χ1n) is 9.21. The molecule has 132 valence electrons. The molecule has 0 saturated heterocycles. The molecule has 0 spiro atoms. The number of esters is 1. The molecule has 0 aliphatic rings. The SMILES string of the molecule is CCCCOOCCCCCCCCCOC(=O)CCCC. The number of carbonyl (C=O) groups excluding carboxylic acids is 1. The molecular formula is C18H36O4. The van der Waals surface area contributed by atoms with Crippen LogP contribution >= 0.6 is 0 Å². The van der Waals surface area contributed by atoms with Gasteiger partial charge in [-0.25, -0.2) is 9.78 Å². The standard InChI is InChI=1S/C18H36O4/c1-3-5-14-18(19)20-15-12-10-8-7-9-11-13-17-22-21-16-6-4-2/h3-17H2,1-2H3. The fourth-order valence-corrected chi connectivity index (χ4v) is 2.05. The van der Waals surface area contributed by atoms with Crippen molar-refractivity contribution in [3.05, 3.63) is 0 Å². The summed E-state index contributed by atoms with van der Waals surface area (Å²) in [5.41, 5.74) is 0. The van der Waals surface area contributed by atoms with Gasteiger partial charge in [0.2, 0.25) is 0 Å². The second-order valence-electron chi connectivity index (χ2n) is 5.80. The molecule has 0 radical (unpaired) electrons. The highest BCUT2D eigenvalue weighted by Gasteiger charge is 2.00. The Labute approximate surface area is 136 Å². The summed E-state index contributed by atoms with van der Waals surface area (Å²) in [6, 6.07) is 0. The number of hydrogen-bond donors (Lipinski definition) is 0. The Morgan fingerprint density at radius 3 is 1.73 bits per heavy atom. The van der Waals surface area contributed by atoms with Crippen molar-refractivity contribution in [2.24, 2.45) is 0 Å². The van der Waals surface area contributed by atoms with Crippen molar-refractivity contribution < 1.29 is 19.3 Å². The summed E-state index contributed by atoms with van der Waals surface area (Å²) in [5.74, 6) is -0.0389. The topological polar surface area (TPSA) is 44.8 Å². The van der Waals surface area contributed by atoms with Gasteiger partial charge >= 0.3 is 5.97 Å². The van der Waals surface area contributed by atoms with Gasteiger partial charge in [-0.2, -0.15) is 0 Å². The van der Waals surface area contributed by atoms with Crippen LogP contribution < -0.4 is 0 Å². The fourth-order valence-electron chi connectivity index (χ4n) is 2.05. The minimum absolute atomic E-state index is 0.0389. The lowest BCUT2D eigenvalue weighted by molar-refractivity contribution is -0.295. The molecule has 0 aliphatic carbocycles. The number of carbonyl (C=O) groups is 1. The van der Waals surface area contributed by atoms with E-state index in [-0.39, 0.29) is 5.97 Å². The number of hydrogen-bond acceptors (Lipinski definition) is 4. The Morgan fingerprint density at radius 2 is 1.14 bits per heavy atom. The van der Waals surface area contributed by atoms with E-state index in [0.29, 0.717) is 26.2 Å². The quantitative estimate of drug-likeness (QED) is 0.160.